The summed E-state index contributed by atoms with van der Waals surface area (Å²) in [4.78, 5) is 11.5. The Morgan fingerprint density at radius 3 is 3.14 bits per heavy atom. The second-order valence-corrected chi connectivity index (χ2v) is 3.41. The smallest absolute Gasteiger partial charge is 0.254 e. The molecule has 5 nitrogen and oxygen atoms in total. The van der Waals surface area contributed by atoms with Crippen LogP contribution in [0, 0.1) is 0 Å². The highest BCUT2D eigenvalue weighted by atomic mass is 79.9. The molecule has 1 amide bonds. The number of carbonyl (C=O) groups is 1. The van der Waals surface area contributed by atoms with Crippen LogP contribution in [0.4, 0.5) is 0 Å². The fraction of sp³-hybridized carbons (Fsp3) is 0.500. The molecule has 0 bridgehead atoms. The zero-order chi connectivity index (χ0) is 10.4. The molecule has 0 spiro atoms. The minimum atomic E-state index is -0.153. The van der Waals surface area contributed by atoms with Gasteiger partial charge < -0.3 is 10.1 Å². The number of nitrogens with one attached hydrogen (secondary N) is 2. The minimum Gasteiger partial charge on any atom is -0.383 e. The summed E-state index contributed by atoms with van der Waals surface area (Å²) in [5, 5.41) is 9.73. The Labute approximate surface area is 90.3 Å². The van der Waals surface area contributed by atoms with Crippen LogP contribution in [-0.4, -0.2) is 41.2 Å². The molecule has 1 aromatic rings. The molecular formula is C8H12BrN3O2. The van der Waals surface area contributed by atoms with E-state index < -0.39 is 0 Å². The largest absolute Gasteiger partial charge is 0.383 e. The molecule has 0 aliphatic heterocycles. The van der Waals surface area contributed by atoms with Gasteiger partial charge in [0.1, 0.15) is 0 Å². The summed E-state index contributed by atoms with van der Waals surface area (Å²) in [7, 11) is 1.60. The number of alkyl halides is 1. The van der Waals surface area contributed by atoms with E-state index in [-0.39, 0.29) is 11.9 Å². The summed E-state index contributed by atoms with van der Waals surface area (Å²) in [5.74, 6) is -0.153. The molecule has 0 saturated carbocycles. The fourth-order valence-electron chi connectivity index (χ4n) is 0.970. The first-order valence-electron chi connectivity index (χ1n) is 4.12. The van der Waals surface area contributed by atoms with Crippen LogP contribution < -0.4 is 5.32 Å². The zero-order valence-electron chi connectivity index (χ0n) is 7.79. The van der Waals surface area contributed by atoms with Gasteiger partial charge >= 0.3 is 0 Å². The highest BCUT2D eigenvalue weighted by molar-refractivity contribution is 9.09. The Morgan fingerprint density at radius 1 is 1.86 bits per heavy atom. The third kappa shape index (κ3) is 3.12. The number of aromatic amines is 1. The van der Waals surface area contributed by atoms with Crippen molar-refractivity contribution in [2.45, 2.75) is 6.04 Å². The summed E-state index contributed by atoms with van der Waals surface area (Å²) in [6, 6.07) is -0.0256. The number of amides is 1. The monoisotopic (exact) mass is 261 g/mol. The summed E-state index contributed by atoms with van der Waals surface area (Å²) in [5.41, 5.74) is 0.520. The van der Waals surface area contributed by atoms with E-state index in [1.54, 1.807) is 13.3 Å². The van der Waals surface area contributed by atoms with Gasteiger partial charge in [0, 0.05) is 18.6 Å². The Balaban J connectivity index is 2.47. The van der Waals surface area contributed by atoms with Crippen molar-refractivity contribution in [1.82, 2.24) is 15.5 Å². The fourth-order valence-corrected chi connectivity index (χ4v) is 1.32. The lowest BCUT2D eigenvalue weighted by Gasteiger charge is -2.14. The molecule has 0 radical (unpaired) electrons. The number of aromatic nitrogens is 2. The van der Waals surface area contributed by atoms with Gasteiger partial charge in [0.05, 0.1) is 24.4 Å². The molecule has 1 unspecified atom stereocenters. The van der Waals surface area contributed by atoms with Gasteiger partial charge in [-0.25, -0.2) is 0 Å². The van der Waals surface area contributed by atoms with E-state index in [0.717, 1.165) is 0 Å². The van der Waals surface area contributed by atoms with Gasteiger partial charge in [-0.3, -0.25) is 9.89 Å². The van der Waals surface area contributed by atoms with E-state index in [4.69, 9.17) is 4.74 Å². The third-order valence-corrected chi connectivity index (χ3v) is 2.43. The molecule has 78 valence electrons. The van der Waals surface area contributed by atoms with E-state index in [0.29, 0.717) is 17.5 Å². The number of nitrogens with zero attached hydrogens (tertiary/aromatic N) is 1. The van der Waals surface area contributed by atoms with E-state index >= 15 is 0 Å². The van der Waals surface area contributed by atoms with Crippen molar-refractivity contribution >= 4 is 21.8 Å². The molecular weight excluding hydrogens is 250 g/mol. The van der Waals surface area contributed by atoms with Crippen molar-refractivity contribution in [2.24, 2.45) is 0 Å². The lowest BCUT2D eigenvalue weighted by atomic mass is 10.3. The minimum absolute atomic E-state index is 0.0256. The predicted octanol–water partition coefficient (Wildman–Crippen LogP) is 0.549. The molecule has 0 aliphatic rings. The molecule has 2 N–H and O–H groups in total. The molecule has 14 heavy (non-hydrogen) atoms. The van der Waals surface area contributed by atoms with Crippen LogP contribution in [0.3, 0.4) is 0 Å². The number of carbonyl (C=O) groups excluding carboxylic acids is 1. The average Bonchev–Trinajstić information content (AvgIpc) is 2.69. The van der Waals surface area contributed by atoms with Crippen molar-refractivity contribution in [1.29, 1.82) is 0 Å². The van der Waals surface area contributed by atoms with Crippen LogP contribution in [0.5, 0.6) is 0 Å². The number of methoxy groups -OCH3 is 1. The van der Waals surface area contributed by atoms with Crippen molar-refractivity contribution in [3.63, 3.8) is 0 Å². The summed E-state index contributed by atoms with van der Waals surface area (Å²) < 4.78 is 4.94. The Bertz CT molecular complexity index is 276. The summed E-state index contributed by atoms with van der Waals surface area (Å²) >= 11 is 3.29. The molecule has 6 heteroatoms. The quantitative estimate of drug-likeness (QED) is 0.761. The van der Waals surface area contributed by atoms with Crippen LogP contribution in [0.15, 0.2) is 12.4 Å². The van der Waals surface area contributed by atoms with Crippen molar-refractivity contribution in [2.75, 3.05) is 19.0 Å². The summed E-state index contributed by atoms with van der Waals surface area (Å²) in [6.45, 7) is 0.481. The maximum absolute atomic E-state index is 11.5. The van der Waals surface area contributed by atoms with Crippen LogP contribution in [0.2, 0.25) is 0 Å². The third-order valence-electron chi connectivity index (χ3n) is 1.65. The lowest BCUT2D eigenvalue weighted by molar-refractivity contribution is 0.0908. The van der Waals surface area contributed by atoms with E-state index in [1.807, 2.05) is 0 Å². The van der Waals surface area contributed by atoms with Crippen LogP contribution >= 0.6 is 15.9 Å². The normalized spacial score (nSPS) is 12.4. The van der Waals surface area contributed by atoms with Crippen LogP contribution in [-0.2, 0) is 4.74 Å². The number of H-pyrrole nitrogens is 1. The van der Waals surface area contributed by atoms with Crippen LogP contribution in [0.25, 0.3) is 0 Å². The van der Waals surface area contributed by atoms with E-state index in [9.17, 15) is 4.79 Å². The van der Waals surface area contributed by atoms with Gasteiger partial charge in [-0.1, -0.05) is 15.9 Å². The number of hydrogen-bond donors (Lipinski definition) is 2. The Kier molecular flexibility index (Phi) is 4.61. The van der Waals surface area contributed by atoms with E-state index in [2.05, 4.69) is 31.4 Å². The maximum atomic E-state index is 11.5. The molecule has 0 aromatic carbocycles. The Morgan fingerprint density at radius 2 is 2.64 bits per heavy atom. The number of hydrogen-bond acceptors (Lipinski definition) is 3. The molecule has 1 heterocycles. The number of halogens is 1. The topological polar surface area (TPSA) is 67.0 Å². The highest BCUT2D eigenvalue weighted by Crippen LogP contribution is 1.97. The lowest BCUT2D eigenvalue weighted by Crippen LogP contribution is -2.39. The highest BCUT2D eigenvalue weighted by Gasteiger charge is 2.12. The van der Waals surface area contributed by atoms with Crippen molar-refractivity contribution in [3.8, 4) is 0 Å². The summed E-state index contributed by atoms with van der Waals surface area (Å²) in [6.07, 6.45) is 3.03. The van der Waals surface area contributed by atoms with E-state index in [1.165, 1.54) is 6.20 Å². The van der Waals surface area contributed by atoms with Crippen molar-refractivity contribution in [3.05, 3.63) is 18.0 Å². The first kappa shape index (κ1) is 11.2. The molecule has 0 fully saturated rings. The Hall–Kier alpha value is -0.880. The molecule has 0 aliphatic carbocycles. The van der Waals surface area contributed by atoms with Gasteiger partial charge in [-0.05, 0) is 0 Å². The molecule has 1 atom stereocenters. The van der Waals surface area contributed by atoms with Gasteiger partial charge in [-0.2, -0.15) is 5.10 Å². The average molecular weight is 262 g/mol. The van der Waals surface area contributed by atoms with Crippen molar-refractivity contribution < 1.29 is 9.53 Å². The second-order valence-electron chi connectivity index (χ2n) is 2.77. The van der Waals surface area contributed by atoms with Gasteiger partial charge in [-0.15, -0.1) is 0 Å². The van der Waals surface area contributed by atoms with Crippen LogP contribution in [0.1, 0.15) is 10.4 Å². The first-order chi connectivity index (χ1) is 6.77. The van der Waals surface area contributed by atoms with Gasteiger partial charge in [0.15, 0.2) is 0 Å². The first-order valence-corrected chi connectivity index (χ1v) is 5.24. The van der Waals surface area contributed by atoms with Gasteiger partial charge in [0.25, 0.3) is 5.91 Å². The second kappa shape index (κ2) is 5.77. The predicted molar refractivity (Wildman–Crippen MR) is 55.5 cm³/mol. The molecule has 1 rings (SSSR count). The molecule has 1 aromatic heterocycles. The van der Waals surface area contributed by atoms with Gasteiger partial charge in [0.2, 0.25) is 0 Å². The number of rotatable bonds is 5. The standard InChI is InChI=1S/C8H12BrN3O2/c1-14-5-7(2-9)12-8(13)6-3-10-11-4-6/h3-4,7H,2,5H2,1H3,(H,10,11)(H,12,13). The maximum Gasteiger partial charge on any atom is 0.254 e. The molecule has 0 saturated heterocycles. The number of ether oxygens (including phenoxy) is 1. The zero-order valence-corrected chi connectivity index (χ0v) is 9.37. The SMILES string of the molecule is COCC(CBr)NC(=O)c1cn[nH]c1.